The van der Waals surface area contributed by atoms with Gasteiger partial charge in [-0.05, 0) is 17.9 Å². The average Bonchev–Trinajstić information content (AvgIpc) is 2.25. The highest BCUT2D eigenvalue weighted by Crippen LogP contribution is 2.17. The maximum Gasteiger partial charge on any atom is 0.188 e. The Balaban J connectivity index is 2.55. The molecule has 0 fully saturated rings. The third-order valence-corrected chi connectivity index (χ3v) is 2.39. The molecule has 0 radical (unpaired) electrons. The molecular weight excluding hydrogens is 190 g/mol. The molecule has 2 aromatic rings. The summed E-state index contributed by atoms with van der Waals surface area (Å²) in [5, 5.41) is 13.3. The minimum absolute atomic E-state index is 0.452. The van der Waals surface area contributed by atoms with E-state index in [1.807, 2.05) is 24.3 Å². The highest BCUT2D eigenvalue weighted by molar-refractivity contribution is 5.84. The number of nitrogens with zero attached hydrogens (tertiary/aromatic N) is 1. The molecule has 0 saturated heterocycles. The first-order valence-electron chi connectivity index (χ1n) is 4.85. The maximum absolute atomic E-state index is 11.3. The number of aldehydes is 1. The molecule has 76 valence electrons. The molecule has 1 aromatic heterocycles. The van der Waals surface area contributed by atoms with Crippen LogP contribution in [0.1, 0.15) is 12.0 Å². The summed E-state index contributed by atoms with van der Waals surface area (Å²) < 4.78 is 0.794. The number of hydrogen-bond acceptors (Lipinski definition) is 2. The van der Waals surface area contributed by atoms with Crippen molar-refractivity contribution in [3.8, 4) is 0 Å². The van der Waals surface area contributed by atoms with Gasteiger partial charge in [0.1, 0.15) is 6.29 Å². The molecule has 0 saturated carbocycles. The molecule has 3 nitrogen and oxygen atoms in total. The fourth-order valence-electron chi connectivity index (χ4n) is 1.71. The predicted molar refractivity (Wildman–Crippen MR) is 57.3 cm³/mol. The molecule has 1 aromatic carbocycles. The van der Waals surface area contributed by atoms with Gasteiger partial charge in [0.05, 0.1) is 0 Å². The first kappa shape index (κ1) is 9.65. The summed E-state index contributed by atoms with van der Waals surface area (Å²) in [6.07, 6.45) is 5.02. The fourth-order valence-corrected chi connectivity index (χ4v) is 1.71. The fraction of sp³-hybridized carbons (Fsp3) is 0.167. The second kappa shape index (κ2) is 4.09. The molecular formula is C12H11NO2. The number of pyridine rings is 1. The zero-order valence-corrected chi connectivity index (χ0v) is 8.22. The van der Waals surface area contributed by atoms with Crippen LogP contribution in [0.3, 0.4) is 0 Å². The van der Waals surface area contributed by atoms with Crippen molar-refractivity contribution in [1.29, 1.82) is 0 Å². The van der Waals surface area contributed by atoms with Gasteiger partial charge in [0, 0.05) is 17.4 Å². The van der Waals surface area contributed by atoms with E-state index in [1.54, 1.807) is 6.20 Å². The normalized spacial score (nSPS) is 10.4. The summed E-state index contributed by atoms with van der Waals surface area (Å²) in [4.78, 5) is 10.3. The number of aromatic nitrogens is 1. The lowest BCUT2D eigenvalue weighted by molar-refractivity contribution is -0.604. The molecule has 0 aliphatic carbocycles. The summed E-state index contributed by atoms with van der Waals surface area (Å²) in [6.45, 7) is 0. The Morgan fingerprint density at radius 1 is 1.27 bits per heavy atom. The van der Waals surface area contributed by atoms with Crippen LogP contribution in [-0.4, -0.2) is 6.29 Å². The Labute approximate surface area is 87.5 Å². The standard InChI is InChI=1S/C12H11NO2/c14-7-3-5-11-9-13(15)8-10-4-1-2-6-12(10)11/h1-2,4,6-9H,3,5H2. The Morgan fingerprint density at radius 3 is 2.87 bits per heavy atom. The second-order valence-corrected chi connectivity index (χ2v) is 3.44. The van der Waals surface area contributed by atoms with E-state index in [-0.39, 0.29) is 0 Å². The largest absolute Gasteiger partial charge is 0.619 e. The molecule has 15 heavy (non-hydrogen) atoms. The zero-order valence-electron chi connectivity index (χ0n) is 8.22. The number of fused-ring (bicyclic) bond motifs is 1. The molecule has 0 bridgehead atoms. The molecule has 0 spiro atoms. The summed E-state index contributed by atoms with van der Waals surface area (Å²) >= 11 is 0. The Bertz CT molecular complexity index is 494. The van der Waals surface area contributed by atoms with Gasteiger partial charge in [0.25, 0.3) is 0 Å². The SMILES string of the molecule is O=CCCc1c[n+]([O-])cc2ccccc12. The van der Waals surface area contributed by atoms with Crippen molar-refractivity contribution in [3.63, 3.8) is 0 Å². The summed E-state index contributed by atoms with van der Waals surface area (Å²) in [5.74, 6) is 0. The van der Waals surface area contributed by atoms with E-state index in [4.69, 9.17) is 0 Å². The van der Waals surface area contributed by atoms with Crippen LogP contribution in [0.15, 0.2) is 36.7 Å². The van der Waals surface area contributed by atoms with E-state index in [9.17, 15) is 10.0 Å². The summed E-state index contributed by atoms with van der Waals surface area (Å²) in [5.41, 5.74) is 0.926. The zero-order chi connectivity index (χ0) is 10.7. The van der Waals surface area contributed by atoms with Gasteiger partial charge in [-0.3, -0.25) is 0 Å². The highest BCUT2D eigenvalue weighted by atomic mass is 16.5. The van der Waals surface area contributed by atoms with E-state index < -0.39 is 0 Å². The van der Waals surface area contributed by atoms with Crippen molar-refractivity contribution in [2.24, 2.45) is 0 Å². The first-order chi connectivity index (χ1) is 7.31. The lowest BCUT2D eigenvalue weighted by Crippen LogP contribution is -2.25. The second-order valence-electron chi connectivity index (χ2n) is 3.44. The predicted octanol–water partition coefficient (Wildman–Crippen LogP) is 1.60. The van der Waals surface area contributed by atoms with Gasteiger partial charge in [-0.1, -0.05) is 18.2 Å². The molecule has 1 heterocycles. The van der Waals surface area contributed by atoms with E-state index in [0.717, 1.165) is 27.4 Å². The first-order valence-corrected chi connectivity index (χ1v) is 4.85. The van der Waals surface area contributed by atoms with Crippen LogP contribution in [0.4, 0.5) is 0 Å². The molecule has 0 N–H and O–H groups in total. The van der Waals surface area contributed by atoms with Gasteiger partial charge in [-0.2, -0.15) is 4.73 Å². The van der Waals surface area contributed by atoms with Crippen LogP contribution in [-0.2, 0) is 11.2 Å². The van der Waals surface area contributed by atoms with Crippen molar-refractivity contribution in [1.82, 2.24) is 0 Å². The number of carbonyl (C=O) groups is 1. The Morgan fingerprint density at radius 2 is 2.07 bits per heavy atom. The monoisotopic (exact) mass is 201 g/mol. The Kier molecular flexibility index (Phi) is 2.63. The number of aryl methyl sites for hydroxylation is 1. The molecule has 0 unspecified atom stereocenters. The van der Waals surface area contributed by atoms with E-state index in [1.165, 1.54) is 6.20 Å². The van der Waals surface area contributed by atoms with E-state index in [2.05, 4.69) is 0 Å². The molecule has 0 aliphatic rings. The van der Waals surface area contributed by atoms with Crippen LogP contribution in [0.5, 0.6) is 0 Å². The van der Waals surface area contributed by atoms with Gasteiger partial charge in [0.2, 0.25) is 0 Å². The quantitative estimate of drug-likeness (QED) is 0.430. The van der Waals surface area contributed by atoms with Crippen LogP contribution in [0, 0.1) is 5.21 Å². The topological polar surface area (TPSA) is 44.0 Å². The van der Waals surface area contributed by atoms with E-state index >= 15 is 0 Å². The van der Waals surface area contributed by atoms with Crippen molar-refractivity contribution >= 4 is 17.1 Å². The third-order valence-electron chi connectivity index (χ3n) is 2.39. The van der Waals surface area contributed by atoms with Gasteiger partial charge in [-0.25, -0.2) is 0 Å². The Hall–Kier alpha value is -1.90. The van der Waals surface area contributed by atoms with Crippen molar-refractivity contribution in [3.05, 3.63) is 47.4 Å². The highest BCUT2D eigenvalue weighted by Gasteiger charge is 2.05. The van der Waals surface area contributed by atoms with Gasteiger partial charge in [-0.15, -0.1) is 0 Å². The van der Waals surface area contributed by atoms with Crippen molar-refractivity contribution in [2.45, 2.75) is 12.8 Å². The summed E-state index contributed by atoms with van der Waals surface area (Å²) in [6, 6.07) is 7.69. The van der Waals surface area contributed by atoms with Crippen LogP contribution in [0.25, 0.3) is 10.8 Å². The van der Waals surface area contributed by atoms with Gasteiger partial charge >= 0.3 is 0 Å². The third kappa shape index (κ3) is 1.96. The average molecular weight is 201 g/mol. The van der Waals surface area contributed by atoms with Crippen LogP contribution < -0.4 is 4.73 Å². The molecule has 2 rings (SSSR count). The molecule has 0 atom stereocenters. The summed E-state index contributed by atoms with van der Waals surface area (Å²) in [7, 11) is 0. The number of rotatable bonds is 3. The lowest BCUT2D eigenvalue weighted by Gasteiger charge is -2.04. The minimum atomic E-state index is 0.452. The molecule has 3 heteroatoms. The molecule has 0 aliphatic heterocycles. The van der Waals surface area contributed by atoms with Crippen LogP contribution in [0.2, 0.25) is 0 Å². The smallest absolute Gasteiger partial charge is 0.188 e. The van der Waals surface area contributed by atoms with Crippen molar-refractivity contribution in [2.75, 3.05) is 0 Å². The lowest BCUT2D eigenvalue weighted by atomic mass is 10.0. The van der Waals surface area contributed by atoms with Gasteiger partial charge in [0.15, 0.2) is 12.4 Å². The number of hydrogen-bond donors (Lipinski definition) is 0. The number of carbonyl (C=O) groups excluding carboxylic acids is 1. The van der Waals surface area contributed by atoms with Gasteiger partial charge < -0.3 is 10.0 Å². The maximum atomic E-state index is 11.3. The van der Waals surface area contributed by atoms with E-state index in [0.29, 0.717) is 12.8 Å². The minimum Gasteiger partial charge on any atom is -0.619 e. The van der Waals surface area contributed by atoms with Crippen LogP contribution >= 0.6 is 0 Å². The number of benzene rings is 1. The van der Waals surface area contributed by atoms with Crippen molar-refractivity contribution < 1.29 is 9.52 Å². The molecule has 0 amide bonds.